The van der Waals surface area contributed by atoms with Crippen molar-refractivity contribution >= 4 is 16.8 Å². The highest BCUT2D eigenvalue weighted by molar-refractivity contribution is 5.96. The molecule has 1 N–H and O–H groups in total. The number of carbonyl (C=O) groups excluding carboxylic acids is 1. The summed E-state index contributed by atoms with van der Waals surface area (Å²) in [4.78, 5) is 25.1. The smallest absolute Gasteiger partial charge is 0.296 e. The van der Waals surface area contributed by atoms with Crippen LogP contribution in [0.1, 0.15) is 28.5 Å². The maximum absolute atomic E-state index is 13.9. The predicted octanol–water partition coefficient (Wildman–Crippen LogP) is 3.58. The molecule has 1 amide bonds. The second-order valence-corrected chi connectivity index (χ2v) is 5.83. The van der Waals surface area contributed by atoms with Crippen molar-refractivity contribution in [2.24, 2.45) is 0 Å². The largest absolute Gasteiger partial charge is 0.377 e. The van der Waals surface area contributed by atoms with Crippen LogP contribution in [0, 0.1) is 11.6 Å². The molecular formula is C19H19F2N3O3. The van der Waals surface area contributed by atoms with Gasteiger partial charge in [0.15, 0.2) is 0 Å². The molecule has 0 unspecified atom stereocenters. The third-order valence-corrected chi connectivity index (χ3v) is 4.11. The molecule has 0 atom stereocenters. The second-order valence-electron chi connectivity index (χ2n) is 5.83. The average molecular weight is 375 g/mol. The Morgan fingerprint density at radius 3 is 2.78 bits per heavy atom. The van der Waals surface area contributed by atoms with Crippen LogP contribution in [0.5, 0.6) is 0 Å². The summed E-state index contributed by atoms with van der Waals surface area (Å²) in [5.74, 6) is -1.97. The van der Waals surface area contributed by atoms with Gasteiger partial charge in [0.2, 0.25) is 0 Å². The van der Waals surface area contributed by atoms with Crippen LogP contribution < -0.4 is 0 Å². The number of ether oxygens (including phenoxy) is 1. The molecule has 0 fully saturated rings. The van der Waals surface area contributed by atoms with Crippen LogP contribution in [0.25, 0.3) is 10.9 Å². The van der Waals surface area contributed by atoms with Crippen molar-refractivity contribution < 1.29 is 23.1 Å². The van der Waals surface area contributed by atoms with Crippen LogP contribution in [0.3, 0.4) is 0 Å². The van der Waals surface area contributed by atoms with E-state index in [-0.39, 0.29) is 17.8 Å². The lowest BCUT2D eigenvalue weighted by Crippen LogP contribution is -2.30. The fourth-order valence-electron chi connectivity index (χ4n) is 2.68. The fourth-order valence-corrected chi connectivity index (χ4v) is 2.68. The Kier molecular flexibility index (Phi) is 5.78. The Morgan fingerprint density at radius 2 is 2.07 bits per heavy atom. The van der Waals surface area contributed by atoms with E-state index in [1.54, 1.807) is 18.5 Å². The first-order valence-electron chi connectivity index (χ1n) is 8.37. The molecule has 3 rings (SSSR count). The molecule has 6 nitrogen and oxygen atoms in total. The van der Waals surface area contributed by atoms with E-state index in [2.05, 4.69) is 9.97 Å². The minimum absolute atomic E-state index is 0.131. The first-order valence-corrected chi connectivity index (χ1v) is 8.37. The normalized spacial score (nSPS) is 11.1. The Bertz CT molecular complexity index is 959. The highest BCUT2D eigenvalue weighted by Gasteiger charge is 2.20. The number of pyridine rings is 1. The lowest BCUT2D eigenvalue weighted by molar-refractivity contribution is -0.102. The first-order chi connectivity index (χ1) is 13.0. The molecule has 142 valence electrons. The summed E-state index contributed by atoms with van der Waals surface area (Å²) < 4.78 is 32.4. The summed E-state index contributed by atoms with van der Waals surface area (Å²) >= 11 is 0. The molecule has 8 heteroatoms. The van der Waals surface area contributed by atoms with Crippen molar-refractivity contribution in [2.45, 2.75) is 20.1 Å². The molecule has 27 heavy (non-hydrogen) atoms. The number of fused-ring (bicyclic) bond motifs is 1. The van der Waals surface area contributed by atoms with E-state index < -0.39 is 17.5 Å². The number of amides is 1. The van der Waals surface area contributed by atoms with Gasteiger partial charge in [-0.3, -0.25) is 9.63 Å². The van der Waals surface area contributed by atoms with Crippen molar-refractivity contribution in [1.29, 1.82) is 0 Å². The van der Waals surface area contributed by atoms with Crippen LogP contribution in [0.2, 0.25) is 0 Å². The third kappa shape index (κ3) is 4.12. The molecule has 3 aromatic rings. The molecule has 0 radical (unpaired) electrons. The zero-order valence-corrected chi connectivity index (χ0v) is 15.0. The lowest BCUT2D eigenvalue weighted by Gasteiger charge is -2.19. The van der Waals surface area contributed by atoms with Gasteiger partial charge in [0, 0.05) is 35.4 Å². The summed E-state index contributed by atoms with van der Waals surface area (Å²) in [6.45, 7) is 2.70. The number of nitrogens with zero attached hydrogens (tertiary/aromatic N) is 2. The van der Waals surface area contributed by atoms with E-state index in [0.29, 0.717) is 13.2 Å². The van der Waals surface area contributed by atoms with E-state index in [4.69, 9.17) is 9.57 Å². The summed E-state index contributed by atoms with van der Waals surface area (Å²) in [7, 11) is 1.30. The van der Waals surface area contributed by atoms with E-state index in [9.17, 15) is 13.6 Å². The van der Waals surface area contributed by atoms with E-state index in [1.807, 2.05) is 6.92 Å². The topological polar surface area (TPSA) is 67.5 Å². The number of rotatable bonds is 7. The molecule has 2 aromatic heterocycles. The van der Waals surface area contributed by atoms with Gasteiger partial charge in [-0.15, -0.1) is 0 Å². The van der Waals surface area contributed by atoms with Gasteiger partial charge in [0.1, 0.15) is 17.3 Å². The molecule has 0 aliphatic carbocycles. The number of hydrogen-bond acceptors (Lipinski definition) is 4. The summed E-state index contributed by atoms with van der Waals surface area (Å²) in [6, 6.07) is 4.79. The quantitative estimate of drug-likeness (QED) is 0.641. The zero-order chi connectivity index (χ0) is 19.4. The predicted molar refractivity (Wildman–Crippen MR) is 94.7 cm³/mol. The molecule has 0 aliphatic heterocycles. The molecule has 0 bridgehead atoms. The number of H-pyrrole nitrogens is 1. The van der Waals surface area contributed by atoms with Gasteiger partial charge in [0.25, 0.3) is 5.91 Å². The maximum atomic E-state index is 13.9. The zero-order valence-electron chi connectivity index (χ0n) is 15.0. The number of halogens is 2. The summed E-state index contributed by atoms with van der Waals surface area (Å²) in [5.41, 5.74) is 1.95. The van der Waals surface area contributed by atoms with Crippen molar-refractivity contribution in [3.8, 4) is 0 Å². The molecule has 0 spiro atoms. The van der Waals surface area contributed by atoms with Crippen molar-refractivity contribution in [3.05, 3.63) is 65.1 Å². The number of aromatic nitrogens is 2. The molecule has 0 saturated carbocycles. The van der Waals surface area contributed by atoms with Gasteiger partial charge in [-0.1, -0.05) is 6.07 Å². The van der Waals surface area contributed by atoms with Gasteiger partial charge < -0.3 is 9.72 Å². The van der Waals surface area contributed by atoms with E-state index >= 15 is 0 Å². The standard InChI is InChI=1S/C19H19F2N3O3/c1-3-27-11-13-8-22-18-9-23-17(7-15(13)18)19(25)24(26-2)10-12-4-5-14(20)6-16(12)21/h4-9,22H,3,10-11H2,1-2H3. The van der Waals surface area contributed by atoms with Crippen LogP contribution in [0.4, 0.5) is 8.78 Å². The second kappa shape index (κ2) is 8.24. The van der Waals surface area contributed by atoms with Crippen molar-refractivity contribution in [2.75, 3.05) is 13.7 Å². The summed E-state index contributed by atoms with van der Waals surface area (Å²) in [5, 5.41) is 1.78. The van der Waals surface area contributed by atoms with E-state index in [0.717, 1.165) is 33.7 Å². The SMILES string of the molecule is CCOCc1c[nH]c2cnc(C(=O)N(Cc3ccc(F)cc3F)OC)cc12. The highest BCUT2D eigenvalue weighted by atomic mass is 19.1. The lowest BCUT2D eigenvalue weighted by atomic mass is 10.1. The van der Waals surface area contributed by atoms with Crippen LogP contribution in [0.15, 0.2) is 36.7 Å². The van der Waals surface area contributed by atoms with Crippen molar-refractivity contribution in [1.82, 2.24) is 15.0 Å². The van der Waals surface area contributed by atoms with Gasteiger partial charge in [-0.2, -0.15) is 0 Å². The number of hydrogen-bond donors (Lipinski definition) is 1. The number of carbonyl (C=O) groups is 1. The minimum Gasteiger partial charge on any atom is -0.377 e. The first kappa shape index (κ1) is 18.9. The van der Waals surface area contributed by atoms with Crippen LogP contribution in [-0.2, 0) is 22.7 Å². The fraction of sp³-hybridized carbons (Fsp3) is 0.263. The Balaban J connectivity index is 1.85. The maximum Gasteiger partial charge on any atom is 0.296 e. The summed E-state index contributed by atoms with van der Waals surface area (Å²) in [6.07, 6.45) is 3.35. The van der Waals surface area contributed by atoms with Gasteiger partial charge in [-0.05, 0) is 19.1 Å². The number of benzene rings is 1. The molecule has 2 heterocycles. The van der Waals surface area contributed by atoms with Gasteiger partial charge in [-0.25, -0.2) is 18.8 Å². The van der Waals surface area contributed by atoms with Crippen LogP contribution in [-0.4, -0.2) is 34.7 Å². The molecule has 0 saturated heterocycles. The number of hydroxylamine groups is 2. The van der Waals surface area contributed by atoms with Crippen molar-refractivity contribution in [3.63, 3.8) is 0 Å². The number of nitrogens with one attached hydrogen (secondary N) is 1. The molecule has 0 aliphatic rings. The average Bonchev–Trinajstić information content (AvgIpc) is 3.07. The minimum atomic E-state index is -0.752. The van der Waals surface area contributed by atoms with Gasteiger partial charge in [0.05, 0.1) is 32.0 Å². The monoisotopic (exact) mass is 375 g/mol. The Morgan fingerprint density at radius 1 is 1.26 bits per heavy atom. The molecular weight excluding hydrogens is 356 g/mol. The Hall–Kier alpha value is -2.84. The third-order valence-electron chi connectivity index (χ3n) is 4.11. The highest BCUT2D eigenvalue weighted by Crippen LogP contribution is 2.21. The van der Waals surface area contributed by atoms with Gasteiger partial charge >= 0.3 is 0 Å². The molecule has 1 aromatic carbocycles. The van der Waals surface area contributed by atoms with E-state index in [1.165, 1.54) is 13.2 Å². The Labute approximate surface area is 154 Å². The van der Waals surface area contributed by atoms with Crippen LogP contribution >= 0.6 is 0 Å². The number of aromatic amines is 1.